The molecule has 0 atom stereocenters. The SMILES string of the molecule is C#CCOc1cc(CNC(=NC)NCCCOc2ccccc2)ccc1OC. The first kappa shape index (κ1) is 21.0. The number of para-hydroxylation sites is 1. The van der Waals surface area contributed by atoms with Crippen molar-refractivity contribution in [2.24, 2.45) is 4.99 Å². The molecule has 0 heterocycles. The van der Waals surface area contributed by atoms with Gasteiger partial charge in [0.1, 0.15) is 12.4 Å². The highest BCUT2D eigenvalue weighted by molar-refractivity contribution is 5.79. The summed E-state index contributed by atoms with van der Waals surface area (Å²) in [5, 5.41) is 6.55. The molecular weight excluding hydrogens is 354 g/mol. The van der Waals surface area contributed by atoms with Crippen LogP contribution in [0.25, 0.3) is 0 Å². The molecule has 0 spiro atoms. The Labute approximate surface area is 166 Å². The van der Waals surface area contributed by atoms with Crippen LogP contribution in [0.3, 0.4) is 0 Å². The van der Waals surface area contributed by atoms with Crippen molar-refractivity contribution in [1.29, 1.82) is 0 Å². The molecule has 0 saturated carbocycles. The van der Waals surface area contributed by atoms with Gasteiger partial charge in [-0.15, -0.1) is 6.42 Å². The van der Waals surface area contributed by atoms with Crippen molar-refractivity contribution >= 4 is 5.96 Å². The van der Waals surface area contributed by atoms with Crippen LogP contribution in [0, 0.1) is 12.3 Å². The zero-order chi connectivity index (χ0) is 20.0. The smallest absolute Gasteiger partial charge is 0.191 e. The number of hydrogen-bond acceptors (Lipinski definition) is 4. The van der Waals surface area contributed by atoms with Crippen molar-refractivity contribution in [3.63, 3.8) is 0 Å². The van der Waals surface area contributed by atoms with Gasteiger partial charge in [-0.1, -0.05) is 30.2 Å². The lowest BCUT2D eigenvalue weighted by Gasteiger charge is -2.14. The number of nitrogens with one attached hydrogen (secondary N) is 2. The Kier molecular flexibility index (Phi) is 9.09. The summed E-state index contributed by atoms with van der Waals surface area (Å²) in [5.74, 6) is 5.34. The lowest BCUT2D eigenvalue weighted by Crippen LogP contribution is -2.37. The normalized spacial score (nSPS) is 10.7. The van der Waals surface area contributed by atoms with Gasteiger partial charge in [-0.25, -0.2) is 0 Å². The zero-order valence-electron chi connectivity index (χ0n) is 16.4. The molecule has 6 heteroatoms. The molecule has 0 unspecified atom stereocenters. The topological polar surface area (TPSA) is 64.1 Å². The van der Waals surface area contributed by atoms with Crippen LogP contribution >= 0.6 is 0 Å². The number of nitrogens with zero attached hydrogens (tertiary/aromatic N) is 1. The lowest BCUT2D eigenvalue weighted by atomic mass is 10.2. The molecule has 0 aliphatic carbocycles. The quantitative estimate of drug-likeness (QED) is 0.287. The summed E-state index contributed by atoms with van der Waals surface area (Å²) in [6.45, 7) is 2.19. The summed E-state index contributed by atoms with van der Waals surface area (Å²) >= 11 is 0. The lowest BCUT2D eigenvalue weighted by molar-refractivity contribution is 0.311. The Morgan fingerprint density at radius 1 is 1.07 bits per heavy atom. The third-order valence-corrected chi connectivity index (χ3v) is 3.85. The third-order valence-electron chi connectivity index (χ3n) is 3.85. The second-order valence-electron chi connectivity index (χ2n) is 5.85. The fourth-order valence-corrected chi connectivity index (χ4v) is 2.46. The van der Waals surface area contributed by atoms with E-state index in [-0.39, 0.29) is 6.61 Å². The fraction of sp³-hybridized carbons (Fsp3) is 0.318. The summed E-state index contributed by atoms with van der Waals surface area (Å²) < 4.78 is 16.5. The average molecular weight is 381 g/mol. The highest BCUT2D eigenvalue weighted by Crippen LogP contribution is 2.27. The standard InChI is InChI=1S/C22H27N3O3/c1-4-14-28-21-16-18(11-12-20(21)26-3)17-25-22(23-2)24-13-8-15-27-19-9-6-5-7-10-19/h1,5-7,9-12,16H,8,13-15,17H2,2-3H3,(H2,23,24,25). The minimum atomic E-state index is 0.196. The summed E-state index contributed by atoms with van der Waals surface area (Å²) in [6.07, 6.45) is 6.13. The van der Waals surface area contributed by atoms with Crippen LogP contribution in [-0.2, 0) is 6.54 Å². The largest absolute Gasteiger partial charge is 0.494 e. The van der Waals surface area contributed by atoms with Gasteiger partial charge in [0.05, 0.1) is 13.7 Å². The summed E-state index contributed by atoms with van der Waals surface area (Å²) in [4.78, 5) is 4.24. The second-order valence-corrected chi connectivity index (χ2v) is 5.85. The van der Waals surface area contributed by atoms with Gasteiger partial charge in [0, 0.05) is 20.1 Å². The van der Waals surface area contributed by atoms with Crippen LogP contribution in [-0.4, -0.2) is 39.9 Å². The van der Waals surface area contributed by atoms with Crippen molar-refractivity contribution < 1.29 is 14.2 Å². The van der Waals surface area contributed by atoms with Gasteiger partial charge >= 0.3 is 0 Å². The van der Waals surface area contributed by atoms with Gasteiger partial charge in [-0.2, -0.15) is 0 Å². The summed E-state index contributed by atoms with van der Waals surface area (Å²) in [6, 6.07) is 15.5. The fourth-order valence-electron chi connectivity index (χ4n) is 2.46. The molecule has 148 valence electrons. The maximum absolute atomic E-state index is 5.68. The van der Waals surface area contributed by atoms with Crippen LogP contribution in [0.15, 0.2) is 53.5 Å². The molecule has 0 aliphatic rings. The molecule has 0 saturated heterocycles. The van der Waals surface area contributed by atoms with Crippen molar-refractivity contribution in [3.8, 4) is 29.6 Å². The molecular formula is C22H27N3O3. The molecule has 0 aromatic heterocycles. The van der Waals surface area contributed by atoms with Crippen LogP contribution in [0.5, 0.6) is 17.2 Å². The molecule has 2 rings (SSSR count). The number of ether oxygens (including phenoxy) is 3. The number of benzene rings is 2. The predicted molar refractivity (Wildman–Crippen MR) is 112 cm³/mol. The van der Waals surface area contributed by atoms with Crippen LogP contribution in [0.2, 0.25) is 0 Å². The highest BCUT2D eigenvalue weighted by Gasteiger charge is 2.06. The van der Waals surface area contributed by atoms with Crippen LogP contribution < -0.4 is 24.8 Å². The maximum Gasteiger partial charge on any atom is 0.191 e. The van der Waals surface area contributed by atoms with E-state index in [0.29, 0.717) is 24.7 Å². The number of terminal acetylenes is 1. The molecule has 0 radical (unpaired) electrons. The van der Waals surface area contributed by atoms with Gasteiger partial charge in [0.25, 0.3) is 0 Å². The Hall–Kier alpha value is -3.33. The minimum absolute atomic E-state index is 0.196. The molecule has 0 fully saturated rings. The van der Waals surface area contributed by atoms with Crippen molar-refractivity contribution in [3.05, 3.63) is 54.1 Å². The molecule has 2 aromatic rings. The summed E-state index contributed by atoms with van der Waals surface area (Å²) in [5.41, 5.74) is 1.03. The Morgan fingerprint density at radius 3 is 2.61 bits per heavy atom. The Balaban J connectivity index is 1.74. The van der Waals surface area contributed by atoms with Crippen LogP contribution in [0.1, 0.15) is 12.0 Å². The summed E-state index contributed by atoms with van der Waals surface area (Å²) in [7, 11) is 3.34. The monoisotopic (exact) mass is 381 g/mol. The van der Waals surface area contributed by atoms with E-state index < -0.39 is 0 Å². The van der Waals surface area contributed by atoms with Gasteiger partial charge in [0.15, 0.2) is 17.5 Å². The number of guanidine groups is 1. The third kappa shape index (κ3) is 7.12. The first-order valence-corrected chi connectivity index (χ1v) is 9.12. The van der Waals surface area contributed by atoms with E-state index >= 15 is 0 Å². The van der Waals surface area contributed by atoms with E-state index in [1.807, 2.05) is 48.5 Å². The van der Waals surface area contributed by atoms with E-state index in [1.165, 1.54) is 0 Å². The Morgan fingerprint density at radius 2 is 1.89 bits per heavy atom. The molecule has 28 heavy (non-hydrogen) atoms. The molecule has 2 aromatic carbocycles. The van der Waals surface area contributed by atoms with Crippen molar-refractivity contribution in [2.75, 3.05) is 33.9 Å². The second kappa shape index (κ2) is 12.1. The molecule has 2 N–H and O–H groups in total. The van der Waals surface area contributed by atoms with Crippen LogP contribution in [0.4, 0.5) is 0 Å². The average Bonchev–Trinajstić information content (AvgIpc) is 2.75. The first-order chi connectivity index (χ1) is 13.8. The van der Waals surface area contributed by atoms with Crippen molar-refractivity contribution in [1.82, 2.24) is 10.6 Å². The maximum atomic E-state index is 5.68. The number of methoxy groups -OCH3 is 1. The predicted octanol–water partition coefficient (Wildman–Crippen LogP) is 2.84. The molecule has 0 amide bonds. The van der Waals surface area contributed by atoms with Gasteiger partial charge in [0.2, 0.25) is 0 Å². The van der Waals surface area contributed by atoms with E-state index in [2.05, 4.69) is 21.5 Å². The van der Waals surface area contributed by atoms with Gasteiger partial charge < -0.3 is 24.8 Å². The number of aliphatic imine (C=N–C) groups is 1. The van der Waals surface area contributed by atoms with E-state index in [9.17, 15) is 0 Å². The first-order valence-electron chi connectivity index (χ1n) is 9.12. The highest BCUT2D eigenvalue weighted by atomic mass is 16.5. The van der Waals surface area contributed by atoms with E-state index in [4.69, 9.17) is 20.6 Å². The molecule has 0 aliphatic heterocycles. The number of rotatable bonds is 10. The molecule has 6 nitrogen and oxygen atoms in total. The van der Waals surface area contributed by atoms with E-state index in [1.54, 1.807) is 14.2 Å². The Bertz CT molecular complexity index is 785. The van der Waals surface area contributed by atoms with Crippen molar-refractivity contribution in [2.45, 2.75) is 13.0 Å². The molecule has 0 bridgehead atoms. The number of hydrogen-bond donors (Lipinski definition) is 2. The van der Waals surface area contributed by atoms with E-state index in [0.717, 1.165) is 30.2 Å². The van der Waals surface area contributed by atoms with Gasteiger partial charge in [-0.05, 0) is 36.2 Å². The van der Waals surface area contributed by atoms with Gasteiger partial charge in [-0.3, -0.25) is 4.99 Å². The minimum Gasteiger partial charge on any atom is -0.494 e. The zero-order valence-corrected chi connectivity index (χ0v) is 16.4.